The van der Waals surface area contributed by atoms with Crippen molar-refractivity contribution in [2.75, 3.05) is 17.3 Å². The summed E-state index contributed by atoms with van der Waals surface area (Å²) < 4.78 is 15.8. The van der Waals surface area contributed by atoms with E-state index in [0.29, 0.717) is 18.8 Å². The molecule has 198 valence electrons. The fourth-order valence-corrected chi connectivity index (χ4v) is 7.08. The number of hydrogen-bond donors (Lipinski definition) is 1. The first-order chi connectivity index (χ1) is 18.7. The Hall–Kier alpha value is -3.93. The molecule has 5 nitrogen and oxygen atoms in total. The number of nitrogens with zero attached hydrogens (tertiary/aromatic N) is 3. The molecular formula is C33H33FN4O. The molecule has 0 unspecified atom stereocenters. The summed E-state index contributed by atoms with van der Waals surface area (Å²) in [6.07, 6.45) is 2.16. The van der Waals surface area contributed by atoms with Gasteiger partial charge in [0.2, 0.25) is 5.95 Å². The first kappa shape index (κ1) is 24.1. The number of carbonyl (C=O) groups is 1. The van der Waals surface area contributed by atoms with Crippen LogP contribution in [-0.4, -0.2) is 27.9 Å². The molecule has 3 aromatic carbocycles. The van der Waals surface area contributed by atoms with Crippen LogP contribution in [0.5, 0.6) is 0 Å². The van der Waals surface area contributed by atoms with Crippen molar-refractivity contribution in [3.63, 3.8) is 0 Å². The van der Waals surface area contributed by atoms with Crippen LogP contribution in [0.3, 0.4) is 0 Å². The van der Waals surface area contributed by atoms with Crippen molar-refractivity contribution < 1.29 is 9.18 Å². The highest BCUT2D eigenvalue weighted by Crippen LogP contribution is 2.48. The minimum absolute atomic E-state index is 0.000338. The minimum Gasteiger partial charge on any atom is -0.369 e. The van der Waals surface area contributed by atoms with Gasteiger partial charge in [0.25, 0.3) is 0 Å². The molecule has 0 spiro atoms. The summed E-state index contributed by atoms with van der Waals surface area (Å²) in [4.78, 5) is 21.3. The number of aromatic nitrogens is 2. The number of rotatable bonds is 2. The van der Waals surface area contributed by atoms with Gasteiger partial charge in [-0.25, -0.2) is 9.37 Å². The second kappa shape index (κ2) is 8.54. The van der Waals surface area contributed by atoms with Crippen molar-refractivity contribution in [1.82, 2.24) is 9.55 Å². The normalized spacial score (nSPS) is 23.8. The maximum absolute atomic E-state index is 14.0. The molecule has 0 radical (unpaired) electrons. The van der Waals surface area contributed by atoms with Gasteiger partial charge in [-0.1, -0.05) is 43.3 Å². The third kappa shape index (κ3) is 3.72. The maximum Gasteiger partial charge on any atom is 0.209 e. The Labute approximate surface area is 228 Å². The fraction of sp³-hybridized carbons (Fsp3) is 0.333. The lowest BCUT2D eigenvalue weighted by atomic mass is 9.76. The SMILES string of the molecule is C[C@@H]1CC(C)(C)N(C)c2ccc([C@@H]3C4=C(C[C@H](c5ccc(F)cc5)CC4=O)Nc4nc5ccccc5n43)cc21. The third-order valence-corrected chi connectivity index (χ3v) is 9.21. The molecule has 0 saturated carbocycles. The molecule has 3 heterocycles. The number of carbonyl (C=O) groups excluding carboxylic acids is 1. The Morgan fingerprint density at radius 2 is 1.74 bits per heavy atom. The van der Waals surface area contributed by atoms with Gasteiger partial charge in [0.1, 0.15) is 5.82 Å². The number of imidazole rings is 1. The maximum atomic E-state index is 14.0. The van der Waals surface area contributed by atoms with E-state index < -0.39 is 0 Å². The molecule has 4 aromatic rings. The number of halogens is 1. The van der Waals surface area contributed by atoms with E-state index in [1.807, 2.05) is 18.2 Å². The molecule has 0 saturated heterocycles. The highest BCUT2D eigenvalue weighted by atomic mass is 19.1. The molecule has 3 atom stereocenters. The number of benzene rings is 3. The number of Topliss-reactive ketones (excluding diaryl/α,β-unsaturated/α-hetero) is 1. The zero-order chi connectivity index (χ0) is 27.1. The lowest BCUT2D eigenvalue weighted by molar-refractivity contribution is -0.116. The lowest BCUT2D eigenvalue weighted by Crippen LogP contribution is -2.45. The summed E-state index contributed by atoms with van der Waals surface area (Å²) in [5.41, 5.74) is 8.43. The van der Waals surface area contributed by atoms with E-state index >= 15 is 0 Å². The first-order valence-electron chi connectivity index (χ1n) is 13.8. The van der Waals surface area contributed by atoms with Gasteiger partial charge >= 0.3 is 0 Å². The Bertz CT molecular complexity index is 1670. The van der Waals surface area contributed by atoms with Crippen molar-refractivity contribution >= 4 is 28.5 Å². The first-order valence-corrected chi connectivity index (χ1v) is 13.8. The van der Waals surface area contributed by atoms with Crippen LogP contribution in [0.1, 0.15) is 74.6 Å². The van der Waals surface area contributed by atoms with Crippen molar-refractivity contribution in [3.8, 4) is 0 Å². The minimum atomic E-state index is -0.263. The summed E-state index contributed by atoms with van der Waals surface area (Å²) in [7, 11) is 2.18. The molecule has 1 N–H and O–H groups in total. The lowest BCUT2D eigenvalue weighted by Gasteiger charge is -2.46. The van der Waals surface area contributed by atoms with Crippen LogP contribution >= 0.6 is 0 Å². The van der Waals surface area contributed by atoms with E-state index in [-0.39, 0.29) is 29.1 Å². The number of para-hydroxylation sites is 2. The Morgan fingerprint density at radius 3 is 2.54 bits per heavy atom. The van der Waals surface area contributed by atoms with Crippen molar-refractivity contribution in [2.45, 2.75) is 63.5 Å². The summed E-state index contributed by atoms with van der Waals surface area (Å²) in [5, 5.41) is 3.55. The summed E-state index contributed by atoms with van der Waals surface area (Å²) in [6, 6.07) is 21.2. The summed E-state index contributed by atoms with van der Waals surface area (Å²) in [5.74, 6) is 1.04. The van der Waals surface area contributed by atoms with Gasteiger partial charge in [-0.2, -0.15) is 0 Å². The van der Waals surface area contributed by atoms with Gasteiger partial charge in [-0.3, -0.25) is 9.36 Å². The number of allylic oxidation sites excluding steroid dienone is 2. The molecule has 1 aliphatic carbocycles. The zero-order valence-electron chi connectivity index (χ0n) is 22.8. The summed E-state index contributed by atoms with van der Waals surface area (Å²) >= 11 is 0. The average Bonchev–Trinajstić information content (AvgIpc) is 3.28. The largest absolute Gasteiger partial charge is 0.369 e. The van der Waals surface area contributed by atoms with Crippen molar-refractivity contribution in [2.24, 2.45) is 0 Å². The zero-order valence-corrected chi connectivity index (χ0v) is 22.8. The molecule has 1 aromatic heterocycles. The standard InChI is InChI=1S/C33H33FN4O/c1-19-18-33(2,3)37(4)27-14-11-21(15-24(19)27)31-30-26(36-32-35-25-7-5-6-8-28(25)38(31)32)16-22(17-29(30)39)20-9-12-23(34)13-10-20/h5-15,19,22,31H,16-18H2,1-4H3,(H,35,36)/t19-,22+,31-/m1/s1. The van der Waals surface area contributed by atoms with E-state index in [0.717, 1.165) is 45.8 Å². The monoisotopic (exact) mass is 520 g/mol. The number of anilines is 2. The molecule has 3 aliphatic rings. The molecule has 6 heteroatoms. The average molecular weight is 521 g/mol. The van der Waals surface area contributed by atoms with Crippen LogP contribution in [-0.2, 0) is 4.79 Å². The molecular weight excluding hydrogens is 487 g/mol. The van der Waals surface area contributed by atoms with Crippen LogP contribution < -0.4 is 10.2 Å². The molecule has 0 amide bonds. The van der Waals surface area contributed by atoms with Crippen molar-refractivity contribution in [1.29, 1.82) is 0 Å². The fourth-order valence-electron chi connectivity index (χ4n) is 7.08. The van der Waals surface area contributed by atoms with E-state index in [1.54, 1.807) is 12.1 Å². The second-order valence-corrected chi connectivity index (χ2v) is 12.1. The number of fused-ring (bicyclic) bond motifs is 4. The van der Waals surface area contributed by atoms with Gasteiger partial charge in [0, 0.05) is 36.0 Å². The highest BCUT2D eigenvalue weighted by molar-refractivity contribution is 6.01. The smallest absolute Gasteiger partial charge is 0.209 e. The molecule has 39 heavy (non-hydrogen) atoms. The topological polar surface area (TPSA) is 50.2 Å². The number of ketones is 1. The van der Waals surface area contributed by atoms with Gasteiger partial charge in [0.05, 0.1) is 17.1 Å². The van der Waals surface area contributed by atoms with Crippen LogP contribution in [0.4, 0.5) is 16.0 Å². The van der Waals surface area contributed by atoms with E-state index in [1.165, 1.54) is 23.4 Å². The predicted molar refractivity (Wildman–Crippen MR) is 154 cm³/mol. The third-order valence-electron chi connectivity index (χ3n) is 9.21. The van der Waals surface area contributed by atoms with Gasteiger partial charge in [0.15, 0.2) is 5.78 Å². The van der Waals surface area contributed by atoms with E-state index in [2.05, 4.69) is 66.9 Å². The Balaban J connectivity index is 1.39. The number of nitrogens with one attached hydrogen (secondary N) is 1. The Morgan fingerprint density at radius 1 is 1.00 bits per heavy atom. The van der Waals surface area contributed by atoms with Gasteiger partial charge in [-0.05, 0) is 85.5 Å². The Kier molecular flexibility index (Phi) is 5.28. The molecule has 2 aliphatic heterocycles. The highest BCUT2D eigenvalue weighted by Gasteiger charge is 2.41. The van der Waals surface area contributed by atoms with Gasteiger partial charge in [-0.15, -0.1) is 0 Å². The molecule has 0 fully saturated rings. The van der Waals surface area contributed by atoms with Crippen LogP contribution in [0, 0.1) is 5.82 Å². The molecule has 0 bridgehead atoms. The predicted octanol–water partition coefficient (Wildman–Crippen LogP) is 7.31. The summed E-state index contributed by atoms with van der Waals surface area (Å²) in [6.45, 7) is 6.90. The van der Waals surface area contributed by atoms with Crippen LogP contribution in [0.2, 0.25) is 0 Å². The van der Waals surface area contributed by atoms with Crippen LogP contribution in [0.25, 0.3) is 11.0 Å². The number of hydrogen-bond acceptors (Lipinski definition) is 4. The quantitative estimate of drug-likeness (QED) is 0.301. The van der Waals surface area contributed by atoms with E-state index in [4.69, 9.17) is 4.98 Å². The van der Waals surface area contributed by atoms with Crippen LogP contribution in [0.15, 0.2) is 78.0 Å². The second-order valence-electron chi connectivity index (χ2n) is 12.1. The molecule has 7 rings (SSSR count). The van der Waals surface area contributed by atoms with Gasteiger partial charge < -0.3 is 10.2 Å². The van der Waals surface area contributed by atoms with Crippen molar-refractivity contribution in [3.05, 3.63) is 101 Å². The van der Waals surface area contributed by atoms with E-state index in [9.17, 15) is 9.18 Å².